The van der Waals surface area contributed by atoms with Crippen LogP contribution in [0.15, 0.2) is 24.4 Å². The molecule has 0 unspecified atom stereocenters. The molecule has 2 aromatic heterocycles. The Morgan fingerprint density at radius 2 is 1.82 bits per heavy atom. The molecule has 0 atom stereocenters. The maximum atomic E-state index is 12.0. The van der Waals surface area contributed by atoms with E-state index in [2.05, 4.69) is 20.3 Å². The Morgan fingerprint density at radius 3 is 2.36 bits per heavy atom. The Balaban J connectivity index is 0.000000564. The number of hydrogen-bond acceptors (Lipinski definition) is 7. The number of anilines is 1. The van der Waals surface area contributed by atoms with E-state index in [-0.39, 0.29) is 11.0 Å². The Bertz CT molecular complexity index is 805. The van der Waals surface area contributed by atoms with Gasteiger partial charge in [-0.25, -0.2) is 4.98 Å². The Kier molecular flexibility index (Phi) is 15.8. The van der Waals surface area contributed by atoms with Crippen molar-refractivity contribution in [1.29, 1.82) is 0 Å². The van der Waals surface area contributed by atoms with Crippen molar-refractivity contribution >= 4 is 23.6 Å². The SMILES string of the molecule is CC.CC.CNc1ccnc(C(F)(F)F)c1.O=Cc1cc(OCC2CCOCC2)nc(Cl)n1. The summed E-state index contributed by atoms with van der Waals surface area (Å²) in [5.41, 5.74) is -0.251. The molecule has 0 spiro atoms. The summed E-state index contributed by atoms with van der Waals surface area (Å²) in [6, 6.07) is 3.91. The van der Waals surface area contributed by atoms with Crippen molar-refractivity contribution in [3.63, 3.8) is 0 Å². The first-order valence-electron chi connectivity index (χ1n) is 10.7. The molecule has 0 bridgehead atoms. The zero-order chi connectivity index (χ0) is 25.3. The van der Waals surface area contributed by atoms with Gasteiger partial charge < -0.3 is 14.8 Å². The molecule has 3 rings (SSSR count). The molecule has 33 heavy (non-hydrogen) atoms. The van der Waals surface area contributed by atoms with Crippen molar-refractivity contribution in [2.45, 2.75) is 46.7 Å². The number of aromatic nitrogens is 3. The van der Waals surface area contributed by atoms with Crippen LogP contribution in [-0.2, 0) is 10.9 Å². The third-order valence-corrected chi connectivity index (χ3v) is 4.13. The van der Waals surface area contributed by atoms with Gasteiger partial charge in [0.05, 0.1) is 6.61 Å². The molecule has 1 aliphatic heterocycles. The number of aldehydes is 1. The van der Waals surface area contributed by atoms with Crippen LogP contribution in [0.1, 0.15) is 56.7 Å². The Morgan fingerprint density at radius 1 is 1.18 bits per heavy atom. The lowest BCUT2D eigenvalue weighted by Gasteiger charge is -2.21. The van der Waals surface area contributed by atoms with Crippen LogP contribution in [0.5, 0.6) is 5.88 Å². The van der Waals surface area contributed by atoms with Crippen molar-refractivity contribution in [3.8, 4) is 5.88 Å². The van der Waals surface area contributed by atoms with Crippen molar-refractivity contribution < 1.29 is 27.4 Å². The minimum atomic E-state index is -4.37. The van der Waals surface area contributed by atoms with Gasteiger partial charge in [0.15, 0.2) is 6.29 Å². The van der Waals surface area contributed by atoms with Crippen LogP contribution in [0.4, 0.5) is 18.9 Å². The third kappa shape index (κ3) is 12.4. The summed E-state index contributed by atoms with van der Waals surface area (Å²) in [6.45, 7) is 10.1. The van der Waals surface area contributed by atoms with E-state index in [1.54, 1.807) is 7.05 Å². The molecule has 1 N–H and O–H groups in total. The zero-order valence-electron chi connectivity index (χ0n) is 19.6. The van der Waals surface area contributed by atoms with Gasteiger partial charge in [0.25, 0.3) is 0 Å². The van der Waals surface area contributed by atoms with Crippen LogP contribution >= 0.6 is 11.6 Å². The molecular formula is C22H32ClF3N4O3. The van der Waals surface area contributed by atoms with Gasteiger partial charge >= 0.3 is 6.18 Å². The molecular weight excluding hydrogens is 461 g/mol. The van der Waals surface area contributed by atoms with Crippen molar-refractivity contribution in [1.82, 2.24) is 15.0 Å². The van der Waals surface area contributed by atoms with Crippen LogP contribution in [0.25, 0.3) is 0 Å². The van der Waals surface area contributed by atoms with Crippen molar-refractivity contribution in [3.05, 3.63) is 41.1 Å². The second-order valence-electron chi connectivity index (χ2n) is 6.06. The molecule has 11 heteroatoms. The molecule has 0 saturated carbocycles. The van der Waals surface area contributed by atoms with Gasteiger partial charge in [0, 0.05) is 38.2 Å². The molecule has 3 heterocycles. The molecule has 1 aliphatic rings. The first-order valence-corrected chi connectivity index (χ1v) is 11.1. The highest BCUT2D eigenvalue weighted by atomic mass is 35.5. The number of ether oxygens (including phenoxy) is 2. The van der Waals surface area contributed by atoms with Gasteiger partial charge in [-0.05, 0) is 42.5 Å². The fourth-order valence-electron chi connectivity index (χ4n) is 2.41. The largest absolute Gasteiger partial charge is 0.477 e. The first kappa shape index (κ1) is 30.5. The van der Waals surface area contributed by atoms with Crippen LogP contribution in [0, 0.1) is 5.92 Å². The van der Waals surface area contributed by atoms with E-state index in [4.69, 9.17) is 21.1 Å². The van der Waals surface area contributed by atoms with Gasteiger partial charge in [0.1, 0.15) is 11.4 Å². The highest BCUT2D eigenvalue weighted by Crippen LogP contribution is 2.28. The van der Waals surface area contributed by atoms with E-state index < -0.39 is 11.9 Å². The lowest BCUT2D eigenvalue weighted by Crippen LogP contribution is -2.21. The average Bonchev–Trinajstić information content (AvgIpc) is 2.85. The Labute approximate surface area is 198 Å². The predicted molar refractivity (Wildman–Crippen MR) is 123 cm³/mol. The van der Waals surface area contributed by atoms with E-state index >= 15 is 0 Å². The number of hydrogen-bond donors (Lipinski definition) is 1. The van der Waals surface area contributed by atoms with Crippen LogP contribution in [0.3, 0.4) is 0 Å². The monoisotopic (exact) mass is 492 g/mol. The smallest absolute Gasteiger partial charge is 0.433 e. The lowest BCUT2D eigenvalue weighted by atomic mass is 10.0. The highest BCUT2D eigenvalue weighted by Gasteiger charge is 2.32. The summed E-state index contributed by atoms with van der Waals surface area (Å²) in [5.74, 6) is 0.816. The summed E-state index contributed by atoms with van der Waals surface area (Å²) in [7, 11) is 1.55. The third-order valence-electron chi connectivity index (χ3n) is 3.96. The molecule has 0 radical (unpaired) electrons. The second-order valence-corrected chi connectivity index (χ2v) is 6.40. The van der Waals surface area contributed by atoms with Gasteiger partial charge in [0.2, 0.25) is 11.2 Å². The maximum absolute atomic E-state index is 12.0. The molecule has 0 aromatic carbocycles. The van der Waals surface area contributed by atoms with E-state index in [9.17, 15) is 18.0 Å². The van der Waals surface area contributed by atoms with E-state index in [1.807, 2.05) is 27.7 Å². The van der Waals surface area contributed by atoms with Gasteiger partial charge in [-0.2, -0.15) is 18.2 Å². The minimum absolute atomic E-state index is 0.0246. The molecule has 0 aliphatic carbocycles. The summed E-state index contributed by atoms with van der Waals surface area (Å²) >= 11 is 5.67. The molecule has 7 nitrogen and oxygen atoms in total. The average molecular weight is 493 g/mol. The standard InChI is InChI=1S/C11H13ClN2O3.C7H7F3N2.2C2H6/c12-11-13-9(6-15)5-10(14-11)17-7-8-1-3-16-4-2-8;1-11-5-2-3-12-6(4-5)7(8,9)10;2*1-2/h5-6,8H,1-4,7H2;2-4H,1H3,(H,11,12);2*1-2H3. The number of carbonyl (C=O) groups is 1. The van der Waals surface area contributed by atoms with Crippen molar-refractivity contribution in [2.24, 2.45) is 5.92 Å². The summed E-state index contributed by atoms with van der Waals surface area (Å²) in [5, 5.41) is 2.62. The lowest BCUT2D eigenvalue weighted by molar-refractivity contribution is -0.141. The number of rotatable bonds is 5. The normalized spacial score (nSPS) is 13.1. The van der Waals surface area contributed by atoms with Gasteiger partial charge in [-0.3, -0.25) is 9.78 Å². The maximum Gasteiger partial charge on any atom is 0.433 e. The van der Waals surface area contributed by atoms with E-state index in [1.165, 1.54) is 12.1 Å². The number of pyridine rings is 1. The van der Waals surface area contributed by atoms with Gasteiger partial charge in [-0.15, -0.1) is 0 Å². The number of halogens is 4. The number of alkyl halides is 3. The highest BCUT2D eigenvalue weighted by molar-refractivity contribution is 6.28. The second kappa shape index (κ2) is 17.1. The first-order chi connectivity index (χ1) is 15.8. The van der Waals surface area contributed by atoms with Crippen molar-refractivity contribution in [2.75, 3.05) is 32.2 Å². The van der Waals surface area contributed by atoms with Crippen LogP contribution in [-0.4, -0.2) is 48.1 Å². The van der Waals surface area contributed by atoms with E-state index in [0.717, 1.165) is 38.3 Å². The number of nitrogens with one attached hydrogen (secondary N) is 1. The molecule has 1 fully saturated rings. The Hall–Kier alpha value is -2.46. The summed E-state index contributed by atoms with van der Waals surface area (Å²) in [6.07, 6.45) is -0.658. The minimum Gasteiger partial charge on any atom is -0.477 e. The molecule has 0 amide bonds. The summed E-state index contributed by atoms with van der Waals surface area (Å²) < 4.78 is 46.8. The van der Waals surface area contributed by atoms with E-state index in [0.29, 0.717) is 30.4 Å². The molecule has 1 saturated heterocycles. The fraction of sp³-hybridized carbons (Fsp3) is 0.545. The van der Waals surface area contributed by atoms with Crippen LogP contribution in [0.2, 0.25) is 5.28 Å². The zero-order valence-corrected chi connectivity index (χ0v) is 20.3. The number of carbonyl (C=O) groups excluding carboxylic acids is 1. The summed E-state index contributed by atoms with van der Waals surface area (Å²) in [4.78, 5) is 21.4. The number of nitrogens with zero attached hydrogens (tertiary/aromatic N) is 3. The van der Waals surface area contributed by atoms with Gasteiger partial charge in [-0.1, -0.05) is 27.7 Å². The quantitative estimate of drug-likeness (QED) is 0.408. The molecule has 2 aromatic rings. The fourth-order valence-corrected chi connectivity index (χ4v) is 2.59. The topological polar surface area (TPSA) is 86.2 Å². The molecule has 186 valence electrons. The predicted octanol–water partition coefficient (Wildman–Crippen LogP) is 5.94. The van der Waals surface area contributed by atoms with Crippen LogP contribution < -0.4 is 10.1 Å².